The van der Waals surface area contributed by atoms with Crippen LogP contribution in [0, 0.1) is 5.92 Å². The van der Waals surface area contributed by atoms with Gasteiger partial charge in [-0.3, -0.25) is 9.59 Å². The molecule has 2 aromatic rings. The van der Waals surface area contributed by atoms with Gasteiger partial charge in [-0.2, -0.15) is 0 Å². The van der Waals surface area contributed by atoms with Crippen molar-refractivity contribution < 1.29 is 29.3 Å². The Morgan fingerprint density at radius 3 is 2.29 bits per heavy atom. The zero-order chi connectivity index (χ0) is 24.1. The Balaban J connectivity index is 1.19. The number of hydrogen-bond acceptors (Lipinski definition) is 5. The first-order valence-corrected chi connectivity index (χ1v) is 11.7. The third-order valence-corrected chi connectivity index (χ3v) is 6.62. The quantitative estimate of drug-likeness (QED) is 0.450. The average Bonchev–Trinajstić information content (AvgIpc) is 3.37. The first-order valence-electron chi connectivity index (χ1n) is 11.7. The topological polar surface area (TPSA) is 125 Å². The maximum atomic E-state index is 12.2. The highest BCUT2D eigenvalue weighted by Crippen LogP contribution is 2.44. The van der Waals surface area contributed by atoms with E-state index in [4.69, 9.17) is 9.84 Å². The molecule has 2 amide bonds. The zero-order valence-corrected chi connectivity index (χ0v) is 18.9. The van der Waals surface area contributed by atoms with Gasteiger partial charge in [-0.05, 0) is 47.4 Å². The third kappa shape index (κ3) is 5.75. The van der Waals surface area contributed by atoms with Gasteiger partial charge in [0.25, 0.3) is 0 Å². The van der Waals surface area contributed by atoms with E-state index < -0.39 is 18.2 Å². The monoisotopic (exact) mass is 466 g/mol. The number of carboxylic acid groups (broad SMARTS) is 1. The normalized spacial score (nSPS) is 19.7. The van der Waals surface area contributed by atoms with Crippen LogP contribution in [0.15, 0.2) is 48.5 Å². The standard InChI is InChI=1S/C26H30N2O6/c29-18(13-24(30)28-17-10-9-16(11-17)12-25(31)32)14-27-26(33)34-15-23-21-7-3-1-5-19(21)20-6-2-4-8-22(20)23/h1-8,16-18,23,29H,9-15H2,(H,27,33)(H,28,30)(H,31,32)/t16-,17+,18?/m0/s1. The second-order valence-corrected chi connectivity index (χ2v) is 9.11. The molecule has 1 saturated carbocycles. The Morgan fingerprint density at radius 2 is 1.65 bits per heavy atom. The minimum absolute atomic E-state index is 0.0507. The van der Waals surface area contributed by atoms with Gasteiger partial charge < -0.3 is 25.6 Å². The predicted molar refractivity (Wildman–Crippen MR) is 125 cm³/mol. The van der Waals surface area contributed by atoms with E-state index in [0.29, 0.717) is 6.42 Å². The summed E-state index contributed by atoms with van der Waals surface area (Å²) in [6.07, 6.45) is 0.404. The second-order valence-electron chi connectivity index (χ2n) is 9.11. The molecule has 0 aromatic heterocycles. The van der Waals surface area contributed by atoms with Crippen LogP contribution in [0.1, 0.15) is 49.1 Å². The first-order chi connectivity index (χ1) is 16.4. The molecular formula is C26H30N2O6. The van der Waals surface area contributed by atoms with Gasteiger partial charge in [0.1, 0.15) is 6.61 Å². The maximum Gasteiger partial charge on any atom is 0.407 e. The highest BCUT2D eigenvalue weighted by atomic mass is 16.5. The molecule has 2 aromatic carbocycles. The van der Waals surface area contributed by atoms with Gasteiger partial charge >= 0.3 is 12.1 Å². The Morgan fingerprint density at radius 1 is 1.00 bits per heavy atom. The van der Waals surface area contributed by atoms with E-state index in [1.165, 1.54) is 0 Å². The van der Waals surface area contributed by atoms with Crippen LogP contribution in [0.4, 0.5) is 4.79 Å². The van der Waals surface area contributed by atoms with Gasteiger partial charge in [0.05, 0.1) is 12.5 Å². The number of carboxylic acids is 1. The van der Waals surface area contributed by atoms with Crippen molar-refractivity contribution in [1.82, 2.24) is 10.6 Å². The number of amides is 2. The summed E-state index contributed by atoms with van der Waals surface area (Å²) in [6, 6.07) is 16.1. The number of carbonyl (C=O) groups is 3. The van der Waals surface area contributed by atoms with Crippen LogP contribution in [0.5, 0.6) is 0 Å². The molecule has 8 nitrogen and oxygen atoms in total. The number of aliphatic hydroxyl groups is 1. The molecule has 0 heterocycles. The fraction of sp³-hybridized carbons (Fsp3) is 0.423. The minimum Gasteiger partial charge on any atom is -0.481 e. The molecule has 1 fully saturated rings. The van der Waals surface area contributed by atoms with Crippen molar-refractivity contribution in [2.75, 3.05) is 13.2 Å². The number of carbonyl (C=O) groups excluding carboxylic acids is 2. The smallest absolute Gasteiger partial charge is 0.407 e. The van der Waals surface area contributed by atoms with Crippen LogP contribution in [-0.4, -0.2) is 53.5 Å². The number of aliphatic hydroxyl groups excluding tert-OH is 1. The molecule has 0 radical (unpaired) electrons. The lowest BCUT2D eigenvalue weighted by atomic mass is 9.98. The number of hydrogen-bond donors (Lipinski definition) is 4. The molecule has 0 saturated heterocycles. The van der Waals surface area contributed by atoms with Crippen molar-refractivity contribution in [3.05, 3.63) is 59.7 Å². The van der Waals surface area contributed by atoms with Crippen LogP contribution in [0.25, 0.3) is 11.1 Å². The van der Waals surface area contributed by atoms with E-state index in [0.717, 1.165) is 35.1 Å². The highest BCUT2D eigenvalue weighted by Gasteiger charge is 2.30. The van der Waals surface area contributed by atoms with E-state index >= 15 is 0 Å². The van der Waals surface area contributed by atoms with Gasteiger partial charge in [-0.15, -0.1) is 0 Å². The van der Waals surface area contributed by atoms with E-state index in [2.05, 4.69) is 22.8 Å². The van der Waals surface area contributed by atoms with Crippen molar-refractivity contribution in [2.45, 2.75) is 50.2 Å². The van der Waals surface area contributed by atoms with Crippen molar-refractivity contribution in [3.63, 3.8) is 0 Å². The summed E-state index contributed by atoms with van der Waals surface area (Å²) in [7, 11) is 0. The van der Waals surface area contributed by atoms with Crippen LogP contribution >= 0.6 is 0 Å². The molecule has 0 spiro atoms. The number of alkyl carbamates (subject to hydrolysis) is 1. The largest absolute Gasteiger partial charge is 0.481 e. The minimum atomic E-state index is -1.04. The van der Waals surface area contributed by atoms with Gasteiger partial charge in [-0.1, -0.05) is 48.5 Å². The van der Waals surface area contributed by atoms with Crippen LogP contribution in [0.2, 0.25) is 0 Å². The molecule has 2 aliphatic rings. The SMILES string of the molecule is O=C(O)C[C@H]1CC[C@@H](NC(=O)CC(O)CNC(=O)OCC2c3ccccc3-c3ccccc32)C1. The van der Waals surface area contributed by atoms with E-state index in [1.54, 1.807) is 0 Å². The third-order valence-electron chi connectivity index (χ3n) is 6.62. The fourth-order valence-electron chi connectivity index (χ4n) is 5.06. The van der Waals surface area contributed by atoms with Crippen LogP contribution in [-0.2, 0) is 14.3 Å². The Kier molecular flexibility index (Phi) is 7.47. The van der Waals surface area contributed by atoms with Gasteiger partial charge in [-0.25, -0.2) is 4.79 Å². The Labute approximate surface area is 198 Å². The summed E-state index contributed by atoms with van der Waals surface area (Å²) >= 11 is 0. The molecule has 4 N–H and O–H groups in total. The van der Waals surface area contributed by atoms with E-state index in [-0.39, 0.29) is 49.8 Å². The maximum absolute atomic E-state index is 12.2. The van der Waals surface area contributed by atoms with Crippen LogP contribution < -0.4 is 10.6 Å². The van der Waals surface area contributed by atoms with Gasteiger partial charge in [0, 0.05) is 24.9 Å². The van der Waals surface area contributed by atoms with Crippen molar-refractivity contribution >= 4 is 18.0 Å². The number of ether oxygens (including phenoxy) is 1. The molecule has 4 rings (SSSR count). The first kappa shape index (κ1) is 23.8. The fourth-order valence-corrected chi connectivity index (χ4v) is 5.06. The lowest BCUT2D eigenvalue weighted by Crippen LogP contribution is -2.39. The average molecular weight is 467 g/mol. The molecule has 1 unspecified atom stereocenters. The second kappa shape index (κ2) is 10.7. The number of benzene rings is 2. The zero-order valence-electron chi connectivity index (χ0n) is 18.9. The van der Waals surface area contributed by atoms with Crippen molar-refractivity contribution in [3.8, 4) is 11.1 Å². The van der Waals surface area contributed by atoms with E-state index in [9.17, 15) is 19.5 Å². The highest BCUT2D eigenvalue weighted by molar-refractivity contribution is 5.79. The summed E-state index contributed by atoms with van der Waals surface area (Å²) in [5.41, 5.74) is 4.52. The molecule has 0 aliphatic heterocycles. The molecule has 3 atom stereocenters. The van der Waals surface area contributed by atoms with Gasteiger partial charge in [0.2, 0.25) is 5.91 Å². The Hall–Kier alpha value is -3.39. The predicted octanol–water partition coefficient (Wildman–Crippen LogP) is 3.04. The summed E-state index contributed by atoms with van der Waals surface area (Å²) in [5, 5.41) is 24.4. The molecular weight excluding hydrogens is 436 g/mol. The number of nitrogens with one attached hydrogen (secondary N) is 2. The molecule has 180 valence electrons. The summed E-state index contributed by atoms with van der Waals surface area (Å²) in [4.78, 5) is 35.2. The molecule has 0 bridgehead atoms. The lowest BCUT2D eigenvalue weighted by molar-refractivity contribution is -0.138. The Bertz CT molecular complexity index is 1010. The lowest BCUT2D eigenvalue weighted by Gasteiger charge is -2.17. The molecule has 34 heavy (non-hydrogen) atoms. The molecule has 2 aliphatic carbocycles. The summed E-state index contributed by atoms with van der Waals surface area (Å²) in [5.74, 6) is -1.12. The van der Waals surface area contributed by atoms with Gasteiger partial charge in [0.15, 0.2) is 0 Å². The summed E-state index contributed by atoms with van der Waals surface area (Å²) in [6.45, 7) is 0.0754. The van der Waals surface area contributed by atoms with Crippen molar-refractivity contribution in [1.29, 1.82) is 0 Å². The van der Waals surface area contributed by atoms with Crippen LogP contribution in [0.3, 0.4) is 0 Å². The number of aliphatic carboxylic acids is 1. The summed E-state index contributed by atoms with van der Waals surface area (Å²) < 4.78 is 5.44. The number of fused-ring (bicyclic) bond motifs is 3. The van der Waals surface area contributed by atoms with Crippen molar-refractivity contribution in [2.24, 2.45) is 5.92 Å². The number of rotatable bonds is 9. The molecule has 8 heteroatoms. The van der Waals surface area contributed by atoms with E-state index in [1.807, 2.05) is 36.4 Å².